The van der Waals surface area contributed by atoms with Crippen LogP contribution in [-0.4, -0.2) is 60.5 Å². The smallest absolute Gasteiger partial charge is 0.227 e. The molecule has 1 N–H and O–H groups in total. The Balaban J connectivity index is 1.93. The summed E-state index contributed by atoms with van der Waals surface area (Å²) in [6, 6.07) is 0.838. The van der Waals surface area contributed by atoms with Gasteiger partial charge in [-0.25, -0.2) is 0 Å². The van der Waals surface area contributed by atoms with Gasteiger partial charge >= 0.3 is 0 Å². The maximum absolute atomic E-state index is 12.6. The van der Waals surface area contributed by atoms with Gasteiger partial charge in [-0.15, -0.1) is 0 Å². The molecule has 0 aliphatic carbocycles. The number of piperidine rings is 1. The molecule has 0 bridgehead atoms. The van der Waals surface area contributed by atoms with E-state index in [0.29, 0.717) is 18.0 Å². The number of hydrogen-bond acceptors (Lipinski definition) is 3. The summed E-state index contributed by atoms with van der Waals surface area (Å²) in [7, 11) is 0. The molecule has 18 heavy (non-hydrogen) atoms. The number of nitrogens with zero attached hydrogens (tertiary/aromatic N) is 2. The van der Waals surface area contributed by atoms with Gasteiger partial charge in [0, 0.05) is 31.7 Å². The van der Waals surface area contributed by atoms with Crippen LogP contribution in [0.3, 0.4) is 0 Å². The predicted octanol–water partition coefficient (Wildman–Crippen LogP) is 0.927. The molecule has 3 unspecified atom stereocenters. The highest BCUT2D eigenvalue weighted by molar-refractivity contribution is 5.79. The number of likely N-dealkylation sites (N-methyl/N-ethyl adjacent to an activating group) is 1. The predicted molar refractivity (Wildman–Crippen MR) is 73.5 cm³/mol. The Kier molecular flexibility index (Phi) is 4.62. The van der Waals surface area contributed by atoms with E-state index in [0.717, 1.165) is 45.6 Å². The highest BCUT2D eigenvalue weighted by Crippen LogP contribution is 2.21. The molecule has 0 aromatic rings. The molecule has 3 atom stereocenters. The average molecular weight is 253 g/mol. The molecule has 2 heterocycles. The number of hydrogen-bond donors (Lipinski definition) is 1. The summed E-state index contributed by atoms with van der Waals surface area (Å²) in [6.07, 6.45) is 2.18. The lowest BCUT2D eigenvalue weighted by atomic mass is 9.90. The first-order chi connectivity index (χ1) is 8.63. The third kappa shape index (κ3) is 2.86. The quantitative estimate of drug-likeness (QED) is 0.795. The minimum Gasteiger partial charge on any atom is -0.340 e. The number of piperazine rings is 1. The van der Waals surface area contributed by atoms with Crippen LogP contribution in [0.4, 0.5) is 0 Å². The summed E-state index contributed by atoms with van der Waals surface area (Å²) in [5.74, 6) is 0.566. The van der Waals surface area contributed by atoms with E-state index in [9.17, 15) is 4.79 Å². The first kappa shape index (κ1) is 13.8. The van der Waals surface area contributed by atoms with E-state index in [1.807, 2.05) is 0 Å². The van der Waals surface area contributed by atoms with Crippen LogP contribution in [0.15, 0.2) is 0 Å². The normalized spacial score (nSPS) is 34.6. The van der Waals surface area contributed by atoms with Crippen LogP contribution in [-0.2, 0) is 4.79 Å². The van der Waals surface area contributed by atoms with Crippen molar-refractivity contribution in [1.29, 1.82) is 0 Å². The minimum absolute atomic E-state index is 0.194. The van der Waals surface area contributed by atoms with Crippen LogP contribution in [0.25, 0.3) is 0 Å². The molecule has 4 nitrogen and oxygen atoms in total. The van der Waals surface area contributed by atoms with Crippen LogP contribution in [0.5, 0.6) is 0 Å². The molecule has 0 saturated carbocycles. The van der Waals surface area contributed by atoms with Crippen molar-refractivity contribution in [2.45, 2.75) is 45.7 Å². The maximum atomic E-state index is 12.6. The molecule has 0 spiro atoms. The molecule has 104 valence electrons. The molecule has 2 rings (SSSR count). The first-order valence-corrected chi connectivity index (χ1v) is 7.39. The van der Waals surface area contributed by atoms with Crippen molar-refractivity contribution in [3.63, 3.8) is 0 Å². The van der Waals surface area contributed by atoms with E-state index in [2.05, 4.69) is 35.9 Å². The molecule has 0 radical (unpaired) electrons. The standard InChI is InChI=1S/C14H27N3O/c1-4-16-8-9-17(10-11(16)2)14(18)13-6-5-7-15-12(13)3/h11-13,15H,4-10H2,1-3H3. The average Bonchev–Trinajstić information content (AvgIpc) is 2.38. The van der Waals surface area contributed by atoms with E-state index < -0.39 is 0 Å². The summed E-state index contributed by atoms with van der Waals surface area (Å²) in [6.45, 7) is 11.5. The summed E-state index contributed by atoms with van der Waals surface area (Å²) in [5, 5.41) is 3.43. The monoisotopic (exact) mass is 253 g/mol. The zero-order chi connectivity index (χ0) is 13.1. The van der Waals surface area contributed by atoms with Gasteiger partial charge in [0.25, 0.3) is 0 Å². The van der Waals surface area contributed by atoms with Crippen molar-refractivity contribution >= 4 is 5.91 Å². The Bertz CT molecular complexity index is 295. The van der Waals surface area contributed by atoms with Gasteiger partial charge in [0.2, 0.25) is 5.91 Å². The SMILES string of the molecule is CCN1CCN(C(=O)C2CCCNC2C)CC1C. The fraction of sp³-hybridized carbons (Fsp3) is 0.929. The fourth-order valence-electron chi connectivity index (χ4n) is 3.28. The number of carbonyl (C=O) groups is 1. The van der Waals surface area contributed by atoms with Crippen LogP contribution in [0.2, 0.25) is 0 Å². The summed E-state index contributed by atoms with van der Waals surface area (Å²) in [5.41, 5.74) is 0. The van der Waals surface area contributed by atoms with Crippen molar-refractivity contribution in [2.75, 3.05) is 32.7 Å². The minimum atomic E-state index is 0.194. The van der Waals surface area contributed by atoms with Crippen molar-refractivity contribution < 1.29 is 4.79 Å². The van der Waals surface area contributed by atoms with Crippen molar-refractivity contribution in [1.82, 2.24) is 15.1 Å². The summed E-state index contributed by atoms with van der Waals surface area (Å²) >= 11 is 0. The van der Waals surface area contributed by atoms with Crippen LogP contribution < -0.4 is 5.32 Å². The second-order valence-corrected chi connectivity index (χ2v) is 5.75. The maximum Gasteiger partial charge on any atom is 0.227 e. The van der Waals surface area contributed by atoms with Gasteiger partial charge in [0.05, 0.1) is 5.92 Å². The number of amides is 1. The van der Waals surface area contributed by atoms with Crippen LogP contribution in [0, 0.1) is 5.92 Å². The Labute approximate surface area is 111 Å². The lowest BCUT2D eigenvalue weighted by Crippen LogP contribution is -2.57. The Hall–Kier alpha value is -0.610. The van der Waals surface area contributed by atoms with Crippen molar-refractivity contribution in [2.24, 2.45) is 5.92 Å². The summed E-state index contributed by atoms with van der Waals surface area (Å²) < 4.78 is 0. The molecule has 1 amide bonds. The first-order valence-electron chi connectivity index (χ1n) is 7.39. The lowest BCUT2D eigenvalue weighted by molar-refractivity contribution is -0.140. The molecule has 0 aromatic carbocycles. The zero-order valence-electron chi connectivity index (χ0n) is 12.0. The molecule has 2 fully saturated rings. The molecular weight excluding hydrogens is 226 g/mol. The number of carbonyl (C=O) groups excluding carboxylic acids is 1. The van der Waals surface area contributed by atoms with Crippen LogP contribution >= 0.6 is 0 Å². The van der Waals surface area contributed by atoms with E-state index in [1.165, 1.54) is 0 Å². The molecule has 2 aliphatic rings. The zero-order valence-corrected chi connectivity index (χ0v) is 12.0. The molecule has 2 saturated heterocycles. The van der Waals surface area contributed by atoms with Crippen LogP contribution in [0.1, 0.15) is 33.6 Å². The Morgan fingerprint density at radius 2 is 2.11 bits per heavy atom. The van der Waals surface area contributed by atoms with E-state index in [-0.39, 0.29) is 5.92 Å². The fourth-order valence-corrected chi connectivity index (χ4v) is 3.28. The van der Waals surface area contributed by atoms with E-state index in [1.54, 1.807) is 0 Å². The lowest BCUT2D eigenvalue weighted by Gasteiger charge is -2.42. The topological polar surface area (TPSA) is 35.6 Å². The Morgan fingerprint density at radius 3 is 2.72 bits per heavy atom. The third-order valence-electron chi connectivity index (χ3n) is 4.56. The molecular formula is C14H27N3O. The van der Waals surface area contributed by atoms with Gasteiger partial charge in [-0.1, -0.05) is 6.92 Å². The van der Waals surface area contributed by atoms with Gasteiger partial charge in [-0.2, -0.15) is 0 Å². The Morgan fingerprint density at radius 1 is 1.33 bits per heavy atom. The highest BCUT2D eigenvalue weighted by atomic mass is 16.2. The van der Waals surface area contributed by atoms with E-state index >= 15 is 0 Å². The number of rotatable bonds is 2. The van der Waals surface area contributed by atoms with E-state index in [4.69, 9.17) is 0 Å². The van der Waals surface area contributed by atoms with Gasteiger partial charge in [-0.05, 0) is 39.8 Å². The molecule has 4 heteroatoms. The highest BCUT2D eigenvalue weighted by Gasteiger charge is 2.33. The second kappa shape index (κ2) is 6.02. The van der Waals surface area contributed by atoms with Crippen molar-refractivity contribution in [3.05, 3.63) is 0 Å². The third-order valence-corrected chi connectivity index (χ3v) is 4.56. The van der Waals surface area contributed by atoms with Gasteiger partial charge in [0.1, 0.15) is 0 Å². The van der Waals surface area contributed by atoms with Gasteiger partial charge < -0.3 is 10.2 Å². The largest absolute Gasteiger partial charge is 0.340 e. The van der Waals surface area contributed by atoms with Gasteiger partial charge in [-0.3, -0.25) is 9.69 Å². The second-order valence-electron chi connectivity index (χ2n) is 5.75. The summed E-state index contributed by atoms with van der Waals surface area (Å²) in [4.78, 5) is 17.1. The molecule has 0 aromatic heterocycles. The van der Waals surface area contributed by atoms with Gasteiger partial charge in [0.15, 0.2) is 0 Å². The van der Waals surface area contributed by atoms with Crippen molar-refractivity contribution in [3.8, 4) is 0 Å². The number of nitrogens with one attached hydrogen (secondary N) is 1. The molecule has 2 aliphatic heterocycles.